The van der Waals surface area contributed by atoms with Gasteiger partial charge in [-0.2, -0.15) is 0 Å². The number of ketones is 1. The van der Waals surface area contributed by atoms with E-state index in [1.54, 1.807) is 35.6 Å². The van der Waals surface area contributed by atoms with Gasteiger partial charge in [-0.1, -0.05) is 11.6 Å². The lowest BCUT2D eigenvalue weighted by Crippen LogP contribution is -2.00. The quantitative estimate of drug-likeness (QED) is 0.785. The van der Waals surface area contributed by atoms with Crippen LogP contribution in [0.1, 0.15) is 27.5 Å². The number of carbonyl (C=O) groups is 1. The highest BCUT2D eigenvalue weighted by molar-refractivity contribution is 7.09. The van der Waals surface area contributed by atoms with Crippen molar-refractivity contribution in [1.29, 1.82) is 0 Å². The monoisotopic (exact) mass is 265 g/mol. The van der Waals surface area contributed by atoms with Crippen LogP contribution in [-0.4, -0.2) is 10.8 Å². The Labute approximate surface area is 109 Å². The molecule has 2 aromatic rings. The number of carbonyl (C=O) groups excluding carboxylic acids is 1. The zero-order valence-corrected chi connectivity index (χ0v) is 11.0. The molecule has 1 aromatic heterocycles. The van der Waals surface area contributed by atoms with E-state index in [0.29, 0.717) is 23.4 Å². The van der Waals surface area contributed by atoms with Crippen LogP contribution >= 0.6 is 22.9 Å². The van der Waals surface area contributed by atoms with Gasteiger partial charge in [0.2, 0.25) is 0 Å². The fourth-order valence-corrected chi connectivity index (χ4v) is 2.42. The van der Waals surface area contributed by atoms with E-state index in [4.69, 9.17) is 11.6 Å². The van der Waals surface area contributed by atoms with Crippen LogP contribution in [0.3, 0.4) is 0 Å². The number of halogens is 1. The Balaban J connectivity index is 1.95. The molecule has 0 N–H and O–H groups in total. The fraction of sp³-hybridized carbons (Fsp3) is 0.231. The summed E-state index contributed by atoms with van der Waals surface area (Å²) < 4.78 is 0. The lowest BCUT2D eigenvalue weighted by molar-refractivity contribution is 0.0983. The normalized spacial score (nSPS) is 10.5. The van der Waals surface area contributed by atoms with E-state index >= 15 is 0 Å². The van der Waals surface area contributed by atoms with E-state index in [1.807, 2.05) is 12.3 Å². The third kappa shape index (κ3) is 3.38. The third-order valence-corrected chi connectivity index (χ3v) is 3.68. The van der Waals surface area contributed by atoms with Gasteiger partial charge in [0.15, 0.2) is 5.78 Å². The molecular formula is C13H12ClNOS. The van der Waals surface area contributed by atoms with Crippen molar-refractivity contribution in [3.63, 3.8) is 0 Å². The maximum Gasteiger partial charge on any atom is 0.163 e. The number of rotatable bonds is 4. The minimum absolute atomic E-state index is 0.134. The number of nitrogens with zero attached hydrogens (tertiary/aromatic N) is 1. The van der Waals surface area contributed by atoms with Crippen molar-refractivity contribution in [1.82, 2.24) is 4.98 Å². The number of aryl methyl sites for hydroxylation is 2. The van der Waals surface area contributed by atoms with Crippen LogP contribution in [0.2, 0.25) is 5.02 Å². The summed E-state index contributed by atoms with van der Waals surface area (Å²) in [7, 11) is 0. The molecule has 0 bridgehead atoms. The van der Waals surface area contributed by atoms with Gasteiger partial charge in [0.25, 0.3) is 0 Å². The second-order valence-corrected chi connectivity index (χ2v) is 5.19. The van der Waals surface area contributed by atoms with Gasteiger partial charge in [-0.3, -0.25) is 4.79 Å². The molecule has 88 valence electrons. The maximum absolute atomic E-state index is 11.9. The van der Waals surface area contributed by atoms with Crippen LogP contribution in [0.5, 0.6) is 0 Å². The predicted octanol–water partition coefficient (Wildman–Crippen LogP) is 3.92. The number of thiazole rings is 1. The van der Waals surface area contributed by atoms with Crippen LogP contribution in [0.15, 0.2) is 29.6 Å². The average molecular weight is 266 g/mol. The third-order valence-electron chi connectivity index (χ3n) is 2.40. The van der Waals surface area contributed by atoms with E-state index in [0.717, 1.165) is 10.7 Å². The molecule has 0 fully saturated rings. The van der Waals surface area contributed by atoms with Crippen molar-refractivity contribution in [3.05, 3.63) is 50.9 Å². The molecule has 0 radical (unpaired) electrons. The minimum Gasteiger partial charge on any atom is -0.294 e. The molecule has 17 heavy (non-hydrogen) atoms. The van der Waals surface area contributed by atoms with Gasteiger partial charge < -0.3 is 0 Å². The number of benzene rings is 1. The van der Waals surface area contributed by atoms with Crippen LogP contribution in [0.4, 0.5) is 0 Å². The summed E-state index contributed by atoms with van der Waals surface area (Å²) in [6.07, 6.45) is 1.20. The second-order valence-electron chi connectivity index (χ2n) is 3.81. The highest BCUT2D eigenvalue weighted by Crippen LogP contribution is 2.14. The van der Waals surface area contributed by atoms with Gasteiger partial charge in [-0.15, -0.1) is 11.3 Å². The fourth-order valence-electron chi connectivity index (χ4n) is 1.52. The molecule has 0 aliphatic heterocycles. The van der Waals surface area contributed by atoms with Crippen LogP contribution in [0, 0.1) is 6.92 Å². The zero-order valence-electron chi connectivity index (χ0n) is 9.44. The molecule has 2 nitrogen and oxygen atoms in total. The molecule has 0 saturated heterocycles. The SMILES string of the molecule is Cc1csc(CCC(=O)c2ccc(Cl)cc2)n1. The van der Waals surface area contributed by atoms with Gasteiger partial charge in [-0.25, -0.2) is 4.98 Å². The highest BCUT2D eigenvalue weighted by Gasteiger charge is 2.07. The largest absolute Gasteiger partial charge is 0.294 e. The molecule has 0 saturated carbocycles. The Morgan fingerprint density at radius 1 is 1.35 bits per heavy atom. The lowest BCUT2D eigenvalue weighted by atomic mass is 10.1. The van der Waals surface area contributed by atoms with E-state index in [2.05, 4.69) is 4.98 Å². The molecule has 0 aliphatic rings. The van der Waals surface area contributed by atoms with E-state index < -0.39 is 0 Å². The van der Waals surface area contributed by atoms with Gasteiger partial charge in [-0.05, 0) is 31.2 Å². The van der Waals surface area contributed by atoms with Gasteiger partial charge in [0.1, 0.15) is 0 Å². The Hall–Kier alpha value is -1.19. The number of aromatic nitrogens is 1. The van der Waals surface area contributed by atoms with Crippen molar-refractivity contribution in [2.45, 2.75) is 19.8 Å². The van der Waals surface area contributed by atoms with E-state index in [-0.39, 0.29) is 5.78 Å². The van der Waals surface area contributed by atoms with Gasteiger partial charge in [0, 0.05) is 34.5 Å². The van der Waals surface area contributed by atoms with E-state index in [9.17, 15) is 4.79 Å². The molecule has 4 heteroatoms. The summed E-state index contributed by atoms with van der Waals surface area (Å²) >= 11 is 7.38. The maximum atomic E-state index is 11.9. The predicted molar refractivity (Wildman–Crippen MR) is 71.0 cm³/mol. The summed E-state index contributed by atoms with van der Waals surface area (Å²) in [6, 6.07) is 7.00. The first-order chi connectivity index (χ1) is 8.15. The van der Waals surface area contributed by atoms with Crippen molar-refractivity contribution >= 4 is 28.7 Å². The Morgan fingerprint density at radius 3 is 2.65 bits per heavy atom. The van der Waals surface area contributed by atoms with Gasteiger partial charge in [0.05, 0.1) is 5.01 Å². The van der Waals surface area contributed by atoms with Crippen molar-refractivity contribution < 1.29 is 4.79 Å². The number of hydrogen-bond acceptors (Lipinski definition) is 3. The van der Waals surface area contributed by atoms with E-state index in [1.165, 1.54) is 0 Å². The summed E-state index contributed by atoms with van der Waals surface area (Å²) in [4.78, 5) is 16.2. The highest BCUT2D eigenvalue weighted by atomic mass is 35.5. The van der Waals surface area contributed by atoms with Crippen molar-refractivity contribution in [2.75, 3.05) is 0 Å². The lowest BCUT2D eigenvalue weighted by Gasteiger charge is -1.99. The topological polar surface area (TPSA) is 30.0 Å². The second kappa shape index (κ2) is 5.43. The number of hydrogen-bond donors (Lipinski definition) is 0. The molecular weight excluding hydrogens is 254 g/mol. The Morgan fingerprint density at radius 2 is 2.06 bits per heavy atom. The summed E-state index contributed by atoms with van der Waals surface area (Å²) in [6.45, 7) is 1.96. The van der Waals surface area contributed by atoms with Crippen LogP contribution < -0.4 is 0 Å². The molecule has 2 rings (SSSR count). The van der Waals surface area contributed by atoms with Crippen LogP contribution in [-0.2, 0) is 6.42 Å². The smallest absolute Gasteiger partial charge is 0.163 e. The number of Topliss-reactive ketones (excluding diaryl/α,β-unsaturated/α-hetero) is 1. The average Bonchev–Trinajstić information content (AvgIpc) is 2.73. The Bertz CT molecular complexity index is 518. The standard InChI is InChI=1S/C13H12ClNOS/c1-9-8-17-13(15-9)7-6-12(16)10-2-4-11(14)5-3-10/h2-5,8H,6-7H2,1H3. The Kier molecular flexibility index (Phi) is 3.92. The van der Waals surface area contributed by atoms with Gasteiger partial charge >= 0.3 is 0 Å². The molecule has 0 aliphatic carbocycles. The molecule has 1 heterocycles. The zero-order chi connectivity index (χ0) is 12.3. The summed E-state index contributed by atoms with van der Waals surface area (Å²) in [5.74, 6) is 0.134. The summed E-state index contributed by atoms with van der Waals surface area (Å²) in [5, 5.41) is 3.67. The first kappa shape index (κ1) is 12.3. The van der Waals surface area contributed by atoms with Crippen LogP contribution in [0.25, 0.3) is 0 Å². The first-order valence-electron chi connectivity index (χ1n) is 5.35. The van der Waals surface area contributed by atoms with Crippen molar-refractivity contribution in [2.24, 2.45) is 0 Å². The first-order valence-corrected chi connectivity index (χ1v) is 6.60. The molecule has 1 aromatic carbocycles. The summed E-state index contributed by atoms with van der Waals surface area (Å²) in [5.41, 5.74) is 1.73. The molecule has 0 unspecified atom stereocenters. The van der Waals surface area contributed by atoms with Crippen molar-refractivity contribution in [3.8, 4) is 0 Å². The molecule has 0 spiro atoms. The minimum atomic E-state index is 0.134. The molecule has 0 atom stereocenters. The molecule has 0 amide bonds.